The summed E-state index contributed by atoms with van der Waals surface area (Å²) in [6, 6.07) is 21.3. The minimum atomic E-state index is -0.406. The SMILES string of the molecule is CC(=O)OCc1c(-c2ccnc3[nH]c(-c4ccc(C(=O)N5CCOCC5)cc4)nc23)cccc1N1CCc2cc(C3CC3)ccc2C1=O. The largest absolute Gasteiger partial charge is 0.461 e. The van der Waals surface area contributed by atoms with E-state index in [1.807, 2.05) is 54.6 Å². The van der Waals surface area contributed by atoms with Gasteiger partial charge in [-0.25, -0.2) is 9.97 Å². The van der Waals surface area contributed by atoms with Crippen LogP contribution in [-0.2, 0) is 27.3 Å². The van der Waals surface area contributed by atoms with Crippen molar-refractivity contribution in [2.24, 2.45) is 0 Å². The van der Waals surface area contributed by atoms with E-state index in [9.17, 15) is 14.4 Å². The van der Waals surface area contributed by atoms with Crippen molar-refractivity contribution in [3.05, 3.63) is 101 Å². The average Bonchev–Trinajstić information content (AvgIpc) is 3.88. The molecule has 2 fully saturated rings. The fraction of sp³-hybridized carbons (Fsp3) is 0.289. The monoisotopic (exact) mass is 641 g/mol. The summed E-state index contributed by atoms with van der Waals surface area (Å²) in [6.45, 7) is 4.17. The lowest BCUT2D eigenvalue weighted by Crippen LogP contribution is -2.40. The van der Waals surface area contributed by atoms with Gasteiger partial charge in [0.05, 0.1) is 18.9 Å². The molecule has 3 aromatic carbocycles. The summed E-state index contributed by atoms with van der Waals surface area (Å²) in [6.07, 6.45) is 4.89. The average molecular weight is 642 g/mol. The molecule has 0 bridgehead atoms. The number of carbonyl (C=O) groups excluding carboxylic acids is 3. The maximum absolute atomic E-state index is 13.9. The molecule has 4 heterocycles. The molecule has 48 heavy (non-hydrogen) atoms. The van der Waals surface area contributed by atoms with Gasteiger partial charge in [0.1, 0.15) is 17.9 Å². The first kappa shape index (κ1) is 30.0. The minimum absolute atomic E-state index is 0.00216. The lowest BCUT2D eigenvalue weighted by atomic mass is 9.93. The van der Waals surface area contributed by atoms with Gasteiger partial charge in [-0.3, -0.25) is 14.4 Å². The molecule has 10 nitrogen and oxygen atoms in total. The van der Waals surface area contributed by atoms with E-state index in [1.54, 1.807) is 16.0 Å². The molecule has 242 valence electrons. The second kappa shape index (κ2) is 12.4. The highest BCUT2D eigenvalue weighted by atomic mass is 16.5. The molecule has 10 heteroatoms. The fourth-order valence-electron chi connectivity index (χ4n) is 6.80. The number of anilines is 1. The smallest absolute Gasteiger partial charge is 0.302 e. The second-order valence-corrected chi connectivity index (χ2v) is 12.6. The van der Waals surface area contributed by atoms with E-state index in [1.165, 1.54) is 25.3 Å². The third-order valence-electron chi connectivity index (χ3n) is 9.50. The van der Waals surface area contributed by atoms with Crippen molar-refractivity contribution in [3.63, 3.8) is 0 Å². The number of fused-ring (bicyclic) bond motifs is 2. The van der Waals surface area contributed by atoms with E-state index in [-0.39, 0.29) is 18.4 Å². The molecule has 1 saturated carbocycles. The van der Waals surface area contributed by atoms with Gasteiger partial charge in [-0.1, -0.05) is 36.4 Å². The van der Waals surface area contributed by atoms with Crippen LogP contribution in [0.4, 0.5) is 5.69 Å². The summed E-state index contributed by atoms with van der Waals surface area (Å²) in [5.74, 6) is 0.756. The highest BCUT2D eigenvalue weighted by Crippen LogP contribution is 2.42. The van der Waals surface area contributed by atoms with E-state index in [0.717, 1.165) is 39.8 Å². The zero-order valence-corrected chi connectivity index (χ0v) is 26.7. The summed E-state index contributed by atoms with van der Waals surface area (Å²) in [5.41, 5.74) is 8.82. The first-order valence-electron chi connectivity index (χ1n) is 16.5. The molecule has 5 aromatic rings. The second-order valence-electron chi connectivity index (χ2n) is 12.6. The lowest BCUT2D eigenvalue weighted by Gasteiger charge is -2.31. The number of aromatic nitrogens is 3. The van der Waals surface area contributed by atoms with Gasteiger partial charge in [-0.2, -0.15) is 0 Å². The molecule has 0 unspecified atom stereocenters. The number of benzene rings is 3. The number of rotatable bonds is 7. The Morgan fingerprint density at radius 1 is 0.958 bits per heavy atom. The van der Waals surface area contributed by atoms with Crippen molar-refractivity contribution in [2.75, 3.05) is 37.7 Å². The third kappa shape index (κ3) is 5.62. The number of morpholine rings is 1. The van der Waals surface area contributed by atoms with Crippen LogP contribution in [0.1, 0.15) is 63.1 Å². The number of hydrogen-bond acceptors (Lipinski definition) is 7. The molecule has 0 atom stereocenters. The van der Waals surface area contributed by atoms with Crippen LogP contribution < -0.4 is 4.90 Å². The van der Waals surface area contributed by atoms with Crippen LogP contribution >= 0.6 is 0 Å². The number of H-pyrrole nitrogens is 1. The van der Waals surface area contributed by atoms with Crippen LogP contribution in [0, 0.1) is 0 Å². The fourth-order valence-corrected chi connectivity index (χ4v) is 6.80. The van der Waals surface area contributed by atoms with Crippen LogP contribution in [0.15, 0.2) is 72.9 Å². The van der Waals surface area contributed by atoms with Crippen LogP contribution in [0.3, 0.4) is 0 Å². The zero-order valence-electron chi connectivity index (χ0n) is 26.7. The van der Waals surface area contributed by atoms with Crippen molar-refractivity contribution in [1.82, 2.24) is 19.9 Å². The summed E-state index contributed by atoms with van der Waals surface area (Å²) >= 11 is 0. The molecule has 0 spiro atoms. The molecule has 0 radical (unpaired) electrons. The van der Waals surface area contributed by atoms with Crippen molar-refractivity contribution in [3.8, 4) is 22.5 Å². The molecule has 2 amide bonds. The van der Waals surface area contributed by atoms with Crippen molar-refractivity contribution >= 4 is 34.6 Å². The summed E-state index contributed by atoms with van der Waals surface area (Å²) in [4.78, 5) is 55.4. The Morgan fingerprint density at radius 3 is 2.54 bits per heavy atom. The van der Waals surface area contributed by atoms with Gasteiger partial charge in [-0.05, 0) is 72.2 Å². The first-order chi connectivity index (χ1) is 23.4. The number of imidazole rings is 1. The van der Waals surface area contributed by atoms with Gasteiger partial charge in [0.15, 0.2) is 5.65 Å². The van der Waals surface area contributed by atoms with E-state index in [4.69, 9.17) is 14.5 Å². The van der Waals surface area contributed by atoms with E-state index in [2.05, 4.69) is 22.1 Å². The van der Waals surface area contributed by atoms with Gasteiger partial charge in [0.25, 0.3) is 11.8 Å². The van der Waals surface area contributed by atoms with Crippen LogP contribution in [0.5, 0.6) is 0 Å². The number of pyridine rings is 1. The number of nitrogens with one attached hydrogen (secondary N) is 1. The molecular formula is C38H35N5O5. The Balaban J connectivity index is 1.14. The molecule has 1 N–H and O–H groups in total. The van der Waals surface area contributed by atoms with Crippen molar-refractivity contribution in [2.45, 2.75) is 38.7 Å². The Labute approximate surface area is 277 Å². The molecule has 1 saturated heterocycles. The van der Waals surface area contributed by atoms with E-state index in [0.29, 0.717) is 67.0 Å². The van der Waals surface area contributed by atoms with Gasteiger partial charge < -0.3 is 24.3 Å². The summed E-state index contributed by atoms with van der Waals surface area (Å²) in [5, 5.41) is 0. The molecule has 2 aliphatic heterocycles. The Kier molecular flexibility index (Phi) is 7.72. The highest BCUT2D eigenvalue weighted by Gasteiger charge is 2.31. The first-order valence-corrected chi connectivity index (χ1v) is 16.5. The van der Waals surface area contributed by atoms with Gasteiger partial charge in [0.2, 0.25) is 0 Å². The Bertz CT molecular complexity index is 2060. The molecule has 2 aromatic heterocycles. The van der Waals surface area contributed by atoms with Crippen molar-refractivity contribution < 1.29 is 23.9 Å². The number of ether oxygens (including phenoxy) is 2. The van der Waals surface area contributed by atoms with E-state index >= 15 is 0 Å². The minimum Gasteiger partial charge on any atom is -0.461 e. The van der Waals surface area contributed by atoms with Crippen molar-refractivity contribution in [1.29, 1.82) is 0 Å². The van der Waals surface area contributed by atoms with Crippen LogP contribution in [0.25, 0.3) is 33.7 Å². The molecule has 3 aliphatic rings. The number of nitrogens with zero attached hydrogens (tertiary/aromatic N) is 4. The number of hydrogen-bond donors (Lipinski definition) is 1. The lowest BCUT2D eigenvalue weighted by molar-refractivity contribution is -0.142. The number of carbonyl (C=O) groups is 3. The topological polar surface area (TPSA) is 118 Å². The number of amides is 2. The Hall–Kier alpha value is -5.35. The van der Waals surface area contributed by atoms with Gasteiger partial charge in [-0.15, -0.1) is 0 Å². The third-order valence-corrected chi connectivity index (χ3v) is 9.50. The number of aromatic amines is 1. The van der Waals surface area contributed by atoms with Gasteiger partial charge >= 0.3 is 5.97 Å². The predicted octanol–water partition coefficient (Wildman–Crippen LogP) is 5.91. The predicted molar refractivity (Wildman–Crippen MR) is 181 cm³/mol. The van der Waals surface area contributed by atoms with Crippen LogP contribution in [0.2, 0.25) is 0 Å². The normalized spacial score (nSPS) is 16.2. The summed E-state index contributed by atoms with van der Waals surface area (Å²) < 4.78 is 11.0. The quantitative estimate of drug-likeness (QED) is 0.220. The highest BCUT2D eigenvalue weighted by molar-refractivity contribution is 6.09. The summed E-state index contributed by atoms with van der Waals surface area (Å²) in [7, 11) is 0. The molecule has 1 aliphatic carbocycles. The maximum atomic E-state index is 13.9. The van der Waals surface area contributed by atoms with E-state index < -0.39 is 5.97 Å². The maximum Gasteiger partial charge on any atom is 0.302 e. The molecule has 8 rings (SSSR count). The zero-order chi connectivity index (χ0) is 32.8. The van der Waals surface area contributed by atoms with Gasteiger partial charge in [0, 0.05) is 60.6 Å². The standard InChI is InChI=1S/C38H35N5O5/c1-23(44)48-22-32-30(3-2-4-33(32)43-16-14-28-21-27(24-5-6-24)11-12-29(28)38(43)46)31-13-15-39-36-34(31)40-35(41-36)25-7-9-26(10-8-25)37(45)42-17-19-47-20-18-42/h2-4,7-13,15,21,24H,5-6,14,16-20,22H2,1H3,(H,39,40,41). The van der Waals surface area contributed by atoms with Crippen LogP contribution in [-0.4, -0.2) is 70.5 Å². The number of esters is 1. The molecular weight excluding hydrogens is 606 g/mol. The Morgan fingerprint density at radius 2 is 1.77 bits per heavy atom.